The molecule has 0 amide bonds. The van der Waals surface area contributed by atoms with E-state index in [0.717, 1.165) is 0 Å². The summed E-state index contributed by atoms with van der Waals surface area (Å²) in [7, 11) is 0. The normalized spacial score (nSPS) is 9.70. The van der Waals surface area contributed by atoms with Crippen LogP contribution >= 0.6 is 11.6 Å². The first kappa shape index (κ1) is 8.90. The molecule has 0 aromatic heterocycles. The number of hydrogen-bond acceptors (Lipinski definition) is 5. The van der Waals surface area contributed by atoms with Gasteiger partial charge in [-0.25, -0.2) is 4.79 Å². The van der Waals surface area contributed by atoms with E-state index in [4.69, 9.17) is 16.8 Å². The van der Waals surface area contributed by atoms with E-state index in [1.54, 1.807) is 0 Å². The summed E-state index contributed by atoms with van der Waals surface area (Å²) in [6.45, 7) is 0. The number of carbonyl (C=O) groups excluding carboxylic acids is 2. The van der Waals surface area contributed by atoms with Gasteiger partial charge in [-0.2, -0.15) is 0 Å². The van der Waals surface area contributed by atoms with Crippen LogP contribution < -0.4 is 0 Å². The highest BCUT2D eigenvalue weighted by atomic mass is 35.5. The molecule has 6 heteroatoms. The molecule has 0 fully saturated rings. The predicted molar refractivity (Wildman–Crippen MR) is 32.1 cm³/mol. The third-order valence-corrected chi connectivity index (χ3v) is 0.705. The molecule has 0 aliphatic carbocycles. The molecule has 1 N–H and O–H groups in total. The van der Waals surface area contributed by atoms with E-state index >= 15 is 0 Å². The zero-order valence-electron chi connectivity index (χ0n) is 4.78. The summed E-state index contributed by atoms with van der Waals surface area (Å²) in [5, 5.41) is 10.1. The van der Waals surface area contributed by atoms with Gasteiger partial charge in [-0.15, -0.1) is 11.6 Å². The van der Waals surface area contributed by atoms with Crippen molar-refractivity contribution in [3.8, 4) is 0 Å². The Kier molecular flexibility index (Phi) is 4.23. The van der Waals surface area contributed by atoms with Gasteiger partial charge in [0.25, 0.3) is 0 Å². The zero-order valence-corrected chi connectivity index (χ0v) is 5.54. The number of carbonyl (C=O) groups is 2. The van der Waals surface area contributed by atoms with Crippen molar-refractivity contribution in [2.24, 2.45) is 5.16 Å². The molecule has 0 saturated carbocycles. The second-order valence-corrected chi connectivity index (χ2v) is 1.44. The van der Waals surface area contributed by atoms with Gasteiger partial charge in [0.05, 0.1) is 0 Å². The molecule has 0 saturated heterocycles. The van der Waals surface area contributed by atoms with E-state index < -0.39 is 17.8 Å². The van der Waals surface area contributed by atoms with Crippen LogP contribution in [-0.4, -0.2) is 29.2 Å². The van der Waals surface area contributed by atoms with Crippen molar-refractivity contribution in [3.05, 3.63) is 0 Å². The minimum absolute atomic E-state index is 0.412. The van der Waals surface area contributed by atoms with Crippen molar-refractivity contribution in [2.45, 2.75) is 0 Å². The number of esters is 2. The fourth-order valence-corrected chi connectivity index (χ4v) is 0.268. The average Bonchev–Trinajstić information content (AvgIpc) is 1.88. The van der Waals surface area contributed by atoms with Crippen LogP contribution in [-0.2, 0) is 14.3 Å². The van der Waals surface area contributed by atoms with Crippen LogP contribution in [0.1, 0.15) is 0 Å². The number of alkyl halides is 1. The summed E-state index contributed by atoms with van der Waals surface area (Å²) >= 11 is 4.96. The Bertz CT molecular complexity index is 167. The predicted octanol–water partition coefficient (Wildman–Crippen LogP) is -0.245. The molecular weight excluding hydrogens is 162 g/mol. The summed E-state index contributed by atoms with van der Waals surface area (Å²) in [5.74, 6) is -2.34. The van der Waals surface area contributed by atoms with Gasteiger partial charge in [-0.3, -0.25) is 4.79 Å². The van der Waals surface area contributed by atoms with Gasteiger partial charge in [-0.05, 0) is 0 Å². The Morgan fingerprint density at radius 2 is 2.30 bits per heavy atom. The largest absolute Gasteiger partial charge is 0.411 e. The summed E-state index contributed by atoms with van der Waals surface area (Å²) in [6, 6.07) is 0. The van der Waals surface area contributed by atoms with Gasteiger partial charge in [0.2, 0.25) is 0 Å². The minimum atomic E-state index is -1.05. The molecule has 0 aromatic rings. The van der Waals surface area contributed by atoms with Gasteiger partial charge in [-0.1, -0.05) is 5.16 Å². The zero-order chi connectivity index (χ0) is 7.98. The Balaban J connectivity index is 3.68. The highest BCUT2D eigenvalue weighted by Crippen LogP contribution is 1.81. The first-order valence-corrected chi connectivity index (χ1v) is 2.72. The lowest BCUT2D eigenvalue weighted by Gasteiger charge is -1.91. The molecule has 0 aliphatic heterocycles. The van der Waals surface area contributed by atoms with Crippen LogP contribution in [0, 0.1) is 0 Å². The van der Waals surface area contributed by atoms with Crippen molar-refractivity contribution in [3.63, 3.8) is 0 Å². The molecule has 0 aromatic carbocycles. The molecule has 0 heterocycles. The van der Waals surface area contributed by atoms with Crippen molar-refractivity contribution in [1.29, 1.82) is 0 Å². The molecule has 56 valence electrons. The van der Waals surface area contributed by atoms with E-state index in [1.807, 2.05) is 0 Å². The highest BCUT2D eigenvalue weighted by Gasteiger charge is 2.05. The maximum atomic E-state index is 10.2. The number of oxime groups is 1. The van der Waals surface area contributed by atoms with E-state index in [9.17, 15) is 9.59 Å². The van der Waals surface area contributed by atoms with E-state index in [-0.39, 0.29) is 0 Å². The van der Waals surface area contributed by atoms with Crippen molar-refractivity contribution in [2.75, 3.05) is 5.88 Å². The van der Waals surface area contributed by atoms with Crippen LogP contribution in [0.5, 0.6) is 0 Å². The van der Waals surface area contributed by atoms with Crippen molar-refractivity contribution in [1.82, 2.24) is 0 Å². The van der Waals surface area contributed by atoms with E-state index in [2.05, 4.69) is 9.89 Å². The lowest BCUT2D eigenvalue weighted by atomic mass is 10.7. The number of ether oxygens (including phenoxy) is 1. The second-order valence-electron chi connectivity index (χ2n) is 1.17. The van der Waals surface area contributed by atoms with Gasteiger partial charge in [0.15, 0.2) is 6.21 Å². The van der Waals surface area contributed by atoms with Crippen molar-refractivity contribution >= 4 is 29.8 Å². The fourth-order valence-electron chi connectivity index (χ4n) is 0.213. The summed E-state index contributed by atoms with van der Waals surface area (Å²) in [6.07, 6.45) is 0.449. The van der Waals surface area contributed by atoms with E-state index in [0.29, 0.717) is 6.21 Å². The summed E-state index contributed by atoms with van der Waals surface area (Å²) < 4.78 is 3.92. The Morgan fingerprint density at radius 1 is 1.70 bits per heavy atom. The first-order valence-electron chi connectivity index (χ1n) is 2.18. The second kappa shape index (κ2) is 4.75. The Labute approximate surface area is 61.2 Å². The smallest absolute Gasteiger partial charge is 0.360 e. The molecule has 0 radical (unpaired) electrons. The highest BCUT2D eigenvalue weighted by molar-refractivity contribution is 6.30. The molecule has 10 heavy (non-hydrogen) atoms. The molecule has 0 spiro atoms. The number of halogens is 1. The lowest BCUT2D eigenvalue weighted by Crippen LogP contribution is -2.13. The van der Waals surface area contributed by atoms with Crippen LogP contribution in [0.3, 0.4) is 0 Å². The van der Waals surface area contributed by atoms with Crippen molar-refractivity contribution < 1.29 is 19.5 Å². The van der Waals surface area contributed by atoms with Crippen LogP contribution in [0.2, 0.25) is 0 Å². The fraction of sp³-hybridized carbons (Fsp3) is 0.250. The third kappa shape index (κ3) is 3.85. The topological polar surface area (TPSA) is 76.0 Å². The molecule has 5 nitrogen and oxygen atoms in total. The quantitative estimate of drug-likeness (QED) is 0.153. The monoisotopic (exact) mass is 165 g/mol. The maximum Gasteiger partial charge on any atom is 0.360 e. The standard InChI is InChI=1S/C4H4ClNO4/c5-1-3(7)10-4(8)2-6-9/h2,9H,1H2/b6-2+. The summed E-state index contributed by atoms with van der Waals surface area (Å²) in [5.41, 5.74) is 0. The van der Waals surface area contributed by atoms with Crippen LogP contribution in [0.25, 0.3) is 0 Å². The molecule has 0 bridgehead atoms. The first-order chi connectivity index (χ1) is 4.70. The van der Waals surface area contributed by atoms with Gasteiger partial charge in [0, 0.05) is 0 Å². The van der Waals surface area contributed by atoms with Gasteiger partial charge >= 0.3 is 11.9 Å². The molecular formula is C4H4ClNO4. The van der Waals surface area contributed by atoms with E-state index in [1.165, 1.54) is 0 Å². The maximum absolute atomic E-state index is 10.2. The van der Waals surface area contributed by atoms with Gasteiger partial charge < -0.3 is 9.94 Å². The van der Waals surface area contributed by atoms with Crippen LogP contribution in [0.4, 0.5) is 0 Å². The molecule has 0 rings (SSSR count). The van der Waals surface area contributed by atoms with Gasteiger partial charge in [0.1, 0.15) is 5.88 Å². The summed E-state index contributed by atoms with van der Waals surface area (Å²) in [4.78, 5) is 20.4. The number of nitrogens with zero attached hydrogens (tertiary/aromatic N) is 1. The Morgan fingerprint density at radius 3 is 2.70 bits per heavy atom. The average molecular weight is 166 g/mol. The number of hydrogen-bond donors (Lipinski definition) is 1. The minimum Gasteiger partial charge on any atom is -0.411 e. The third-order valence-electron chi connectivity index (χ3n) is 0.487. The Hall–Kier alpha value is -1.10. The lowest BCUT2D eigenvalue weighted by molar-refractivity contribution is -0.152. The van der Waals surface area contributed by atoms with Crippen LogP contribution in [0.15, 0.2) is 5.16 Å². The molecule has 0 atom stereocenters. The molecule has 0 aliphatic rings. The number of rotatable bonds is 2. The SMILES string of the molecule is O=C(/C=N/O)OC(=O)CCl. The molecule has 0 unspecified atom stereocenters.